The fraction of sp³-hybridized carbons (Fsp3) is 0.400. The van der Waals surface area contributed by atoms with Gasteiger partial charge in [0.05, 0.1) is 24.6 Å². The molecule has 4 atom stereocenters. The van der Waals surface area contributed by atoms with Crippen molar-refractivity contribution in [2.45, 2.75) is 39.1 Å². The number of aliphatic hydroxyl groups excluding tert-OH is 1. The minimum atomic E-state index is -1.13. The fourth-order valence-corrected chi connectivity index (χ4v) is 6.74. The molecule has 2 aromatic rings. The maximum Gasteiger partial charge on any atom is 0.352 e. The van der Waals surface area contributed by atoms with E-state index in [1.165, 1.54) is 27.6 Å². The molecule has 3 aliphatic heterocycles. The normalized spacial score (nSPS) is 26.0. The highest BCUT2D eigenvalue weighted by molar-refractivity contribution is 7.13. The van der Waals surface area contributed by atoms with Crippen LogP contribution in [0.5, 0.6) is 0 Å². The van der Waals surface area contributed by atoms with E-state index in [9.17, 15) is 24.6 Å². The van der Waals surface area contributed by atoms with E-state index in [0.29, 0.717) is 23.7 Å². The molecule has 0 spiro atoms. The van der Waals surface area contributed by atoms with Crippen molar-refractivity contribution >= 4 is 46.0 Å². The third-order valence-electron chi connectivity index (χ3n) is 6.13. The first-order valence-corrected chi connectivity index (χ1v) is 11.3. The van der Waals surface area contributed by atoms with Crippen molar-refractivity contribution < 1.29 is 24.6 Å². The molecule has 5 rings (SSSR count). The number of aromatic nitrogens is 1. The van der Waals surface area contributed by atoms with Crippen molar-refractivity contribution in [2.24, 2.45) is 11.8 Å². The maximum atomic E-state index is 12.6. The second kappa shape index (κ2) is 6.73. The molecule has 8 nitrogen and oxygen atoms in total. The van der Waals surface area contributed by atoms with Gasteiger partial charge in [0.1, 0.15) is 5.70 Å². The van der Waals surface area contributed by atoms with Gasteiger partial charge in [-0.15, -0.1) is 22.7 Å². The van der Waals surface area contributed by atoms with Gasteiger partial charge in [0.25, 0.3) is 5.91 Å². The number of rotatable bonds is 4. The summed E-state index contributed by atoms with van der Waals surface area (Å²) in [6.07, 6.45) is 0.781. The zero-order valence-electron chi connectivity index (χ0n) is 16.2. The molecule has 156 valence electrons. The van der Waals surface area contributed by atoms with E-state index in [0.717, 1.165) is 15.3 Å². The maximum absolute atomic E-state index is 12.6. The Hall–Kier alpha value is -2.56. The number of hydrogen-bond donors (Lipinski definition) is 2. The number of thiophene rings is 1. The van der Waals surface area contributed by atoms with Crippen LogP contribution in [-0.4, -0.2) is 54.9 Å². The van der Waals surface area contributed by atoms with Crippen molar-refractivity contribution in [1.29, 1.82) is 0 Å². The Kier molecular flexibility index (Phi) is 4.35. The Morgan fingerprint density at radius 1 is 1.33 bits per heavy atom. The molecule has 2 N–H and O–H groups in total. The second-order valence-electron chi connectivity index (χ2n) is 7.88. The number of carbonyl (C=O) groups is 3. The molecular weight excluding hydrogens is 426 g/mol. The van der Waals surface area contributed by atoms with Crippen LogP contribution in [0.15, 0.2) is 23.3 Å². The molecule has 0 saturated carbocycles. The number of carboxylic acids is 1. The van der Waals surface area contributed by atoms with E-state index < -0.39 is 18.0 Å². The van der Waals surface area contributed by atoms with E-state index in [1.807, 2.05) is 13.0 Å². The highest BCUT2D eigenvalue weighted by atomic mass is 32.1. The number of hydrogen-bond acceptors (Lipinski definition) is 7. The lowest BCUT2D eigenvalue weighted by Gasteiger charge is -2.46. The number of thiazole rings is 1. The molecule has 2 amide bonds. The lowest BCUT2D eigenvalue weighted by molar-refractivity contribution is -0.163. The SMILES string of the molecule is C[C@@H](O)[C@H]1C(=O)N2C(C(=O)O)=C(c3cc4c(s3)CN(C(=O)c3nccs3)C4)[C@H](C)[C@H]12. The number of carboxylic acid groups (broad SMARTS) is 1. The largest absolute Gasteiger partial charge is 0.477 e. The number of fused-ring (bicyclic) bond motifs is 2. The summed E-state index contributed by atoms with van der Waals surface area (Å²) in [5, 5.41) is 22.0. The molecule has 0 bridgehead atoms. The average Bonchev–Trinajstić information content (AvgIpc) is 3.42. The number of β-lactam (4-membered cyclic amide) rings is 1. The smallest absolute Gasteiger partial charge is 0.352 e. The summed E-state index contributed by atoms with van der Waals surface area (Å²) >= 11 is 2.78. The van der Waals surface area contributed by atoms with Gasteiger partial charge in [-0.3, -0.25) is 9.59 Å². The predicted octanol–water partition coefficient (Wildman–Crippen LogP) is 2.01. The van der Waals surface area contributed by atoms with Gasteiger partial charge < -0.3 is 20.0 Å². The number of aliphatic carboxylic acids is 1. The molecule has 3 aliphatic rings. The monoisotopic (exact) mass is 445 g/mol. The fourth-order valence-electron chi connectivity index (χ4n) is 4.80. The van der Waals surface area contributed by atoms with E-state index >= 15 is 0 Å². The summed E-state index contributed by atoms with van der Waals surface area (Å²) in [6.45, 7) is 4.40. The third kappa shape index (κ3) is 2.60. The van der Waals surface area contributed by atoms with Gasteiger partial charge in [0.15, 0.2) is 5.01 Å². The molecule has 30 heavy (non-hydrogen) atoms. The standard InChI is InChI=1S/C20H19N3O5S2/c1-8-13(16(20(27)28)23-15(8)14(9(2)24)18(23)25)11-5-10-6-22(7-12(10)30-11)19(26)17-21-3-4-29-17/h3-5,8-9,14-15,24H,6-7H2,1-2H3,(H,27,28)/t8-,9+,14+,15+/m0/s1. The van der Waals surface area contributed by atoms with Crippen LogP contribution in [0.2, 0.25) is 0 Å². The molecule has 0 aromatic carbocycles. The van der Waals surface area contributed by atoms with E-state index in [1.54, 1.807) is 23.4 Å². The first-order chi connectivity index (χ1) is 14.3. The Bertz CT molecular complexity index is 1080. The Morgan fingerprint density at radius 2 is 2.10 bits per heavy atom. The van der Waals surface area contributed by atoms with E-state index in [4.69, 9.17) is 0 Å². The lowest BCUT2D eigenvalue weighted by atomic mass is 9.77. The number of aliphatic hydroxyl groups is 1. The summed E-state index contributed by atoms with van der Waals surface area (Å²) < 4.78 is 0. The van der Waals surface area contributed by atoms with Crippen LogP contribution in [0.25, 0.3) is 5.57 Å². The Morgan fingerprint density at radius 3 is 2.70 bits per heavy atom. The van der Waals surface area contributed by atoms with Gasteiger partial charge in [0.2, 0.25) is 5.91 Å². The third-order valence-corrected chi connectivity index (χ3v) is 8.09. The van der Waals surface area contributed by atoms with Crippen molar-refractivity contribution in [3.05, 3.63) is 43.7 Å². The highest BCUT2D eigenvalue weighted by Gasteiger charge is 2.60. The first-order valence-electron chi connectivity index (χ1n) is 9.59. The van der Waals surface area contributed by atoms with Gasteiger partial charge in [-0.2, -0.15) is 0 Å². The first kappa shape index (κ1) is 19.4. The number of carbonyl (C=O) groups excluding carboxylic acids is 2. The van der Waals surface area contributed by atoms with Crippen molar-refractivity contribution in [1.82, 2.24) is 14.8 Å². The molecule has 0 aliphatic carbocycles. The number of amides is 2. The minimum absolute atomic E-state index is 0.0186. The molecule has 10 heteroatoms. The van der Waals surface area contributed by atoms with Gasteiger partial charge in [-0.25, -0.2) is 9.78 Å². The van der Waals surface area contributed by atoms with Gasteiger partial charge in [-0.1, -0.05) is 6.92 Å². The van der Waals surface area contributed by atoms with Gasteiger partial charge >= 0.3 is 5.97 Å². The molecule has 0 radical (unpaired) electrons. The molecular formula is C20H19N3O5S2. The molecule has 2 aromatic heterocycles. The summed E-state index contributed by atoms with van der Waals surface area (Å²) in [5.41, 5.74) is 1.66. The summed E-state index contributed by atoms with van der Waals surface area (Å²) in [6, 6.07) is 1.61. The van der Waals surface area contributed by atoms with Crippen LogP contribution < -0.4 is 0 Å². The number of nitrogens with zero attached hydrogens (tertiary/aromatic N) is 3. The quantitative estimate of drug-likeness (QED) is 0.697. The minimum Gasteiger partial charge on any atom is -0.477 e. The van der Waals surface area contributed by atoms with Crippen LogP contribution in [-0.2, 0) is 22.7 Å². The van der Waals surface area contributed by atoms with Crippen molar-refractivity contribution in [3.8, 4) is 0 Å². The second-order valence-corrected chi connectivity index (χ2v) is 9.91. The average molecular weight is 446 g/mol. The van der Waals surface area contributed by atoms with Crippen LogP contribution in [0.1, 0.15) is 39.0 Å². The zero-order chi connectivity index (χ0) is 21.3. The van der Waals surface area contributed by atoms with Crippen LogP contribution in [0, 0.1) is 11.8 Å². The predicted molar refractivity (Wildman–Crippen MR) is 110 cm³/mol. The summed E-state index contributed by atoms with van der Waals surface area (Å²) in [7, 11) is 0. The van der Waals surface area contributed by atoms with E-state index in [2.05, 4.69) is 4.98 Å². The summed E-state index contributed by atoms with van der Waals surface area (Å²) in [4.78, 5) is 46.1. The Balaban J connectivity index is 1.45. The Labute approximate surface area is 180 Å². The zero-order valence-corrected chi connectivity index (χ0v) is 17.9. The molecule has 0 unspecified atom stereocenters. The molecule has 5 heterocycles. The van der Waals surface area contributed by atoms with Crippen LogP contribution >= 0.6 is 22.7 Å². The molecule has 1 saturated heterocycles. The van der Waals surface area contributed by atoms with Crippen LogP contribution in [0.3, 0.4) is 0 Å². The summed E-state index contributed by atoms with van der Waals surface area (Å²) in [5.74, 6) is -2.35. The molecule has 1 fully saturated rings. The van der Waals surface area contributed by atoms with Crippen LogP contribution in [0.4, 0.5) is 0 Å². The van der Waals surface area contributed by atoms with Gasteiger partial charge in [0, 0.05) is 39.4 Å². The van der Waals surface area contributed by atoms with E-state index in [-0.39, 0.29) is 29.5 Å². The topological polar surface area (TPSA) is 111 Å². The highest BCUT2D eigenvalue weighted by Crippen LogP contribution is 2.52. The van der Waals surface area contributed by atoms with Gasteiger partial charge in [-0.05, 0) is 18.6 Å². The van der Waals surface area contributed by atoms with Crippen molar-refractivity contribution in [2.75, 3.05) is 0 Å². The lowest BCUT2D eigenvalue weighted by Crippen LogP contribution is -2.63. The van der Waals surface area contributed by atoms with Crippen molar-refractivity contribution in [3.63, 3.8) is 0 Å².